The van der Waals surface area contributed by atoms with E-state index in [1.807, 2.05) is 11.8 Å². The molecule has 0 aromatic carbocycles. The summed E-state index contributed by atoms with van der Waals surface area (Å²) in [5.41, 5.74) is 6.62. The van der Waals surface area contributed by atoms with Gasteiger partial charge >= 0.3 is 5.69 Å². The first-order valence-electron chi connectivity index (χ1n) is 6.68. The van der Waals surface area contributed by atoms with Crippen LogP contribution in [0.3, 0.4) is 0 Å². The Morgan fingerprint density at radius 3 is 2.68 bits per heavy atom. The summed E-state index contributed by atoms with van der Waals surface area (Å²) >= 11 is 0. The van der Waals surface area contributed by atoms with Crippen molar-refractivity contribution >= 4 is 11.5 Å². The number of aryl methyl sites for hydroxylation is 2. The lowest BCUT2D eigenvalue weighted by molar-refractivity contribution is -0.384. The average Bonchev–Trinajstić information content (AvgIpc) is 2.81. The normalized spacial score (nSPS) is 23.1. The van der Waals surface area contributed by atoms with E-state index in [1.165, 1.54) is 0 Å². The van der Waals surface area contributed by atoms with Crippen molar-refractivity contribution in [1.29, 1.82) is 0 Å². The van der Waals surface area contributed by atoms with E-state index in [1.54, 1.807) is 11.6 Å². The average molecular weight is 267 g/mol. The van der Waals surface area contributed by atoms with E-state index in [0.29, 0.717) is 30.5 Å². The third kappa shape index (κ3) is 2.42. The number of hydrogen-bond donors (Lipinski definition) is 1. The lowest BCUT2D eigenvalue weighted by Crippen LogP contribution is -2.29. The molecule has 0 amide bonds. The lowest BCUT2D eigenvalue weighted by Gasteiger charge is -2.18. The summed E-state index contributed by atoms with van der Waals surface area (Å²) in [4.78, 5) is 12.9. The van der Waals surface area contributed by atoms with Gasteiger partial charge in [-0.05, 0) is 19.3 Å². The van der Waals surface area contributed by atoms with Gasteiger partial charge in [-0.3, -0.25) is 10.1 Å². The van der Waals surface area contributed by atoms with Crippen LogP contribution in [0.4, 0.5) is 11.5 Å². The Bertz CT molecular complexity index is 475. The fourth-order valence-corrected chi connectivity index (χ4v) is 2.62. The van der Waals surface area contributed by atoms with Crippen LogP contribution in [-0.2, 0) is 6.54 Å². The van der Waals surface area contributed by atoms with Crippen molar-refractivity contribution < 1.29 is 4.92 Å². The first kappa shape index (κ1) is 13.8. The van der Waals surface area contributed by atoms with Gasteiger partial charge in [-0.1, -0.05) is 13.8 Å². The van der Waals surface area contributed by atoms with E-state index in [0.717, 1.165) is 13.0 Å². The standard InChI is InChI=1S/C12H21N5O2/c1-4-5-16-12(11(17(18)19)9(3)14-16)15-6-8(2)10(13)7-15/h8,10H,4-7,13H2,1-3H3. The van der Waals surface area contributed by atoms with Crippen molar-refractivity contribution in [3.8, 4) is 0 Å². The SMILES string of the molecule is CCCn1nc(C)c([N+](=O)[O-])c1N1CC(C)C(N)C1. The fraction of sp³-hybridized carbons (Fsp3) is 0.750. The minimum Gasteiger partial charge on any atom is -0.349 e. The van der Waals surface area contributed by atoms with Gasteiger partial charge in [0.1, 0.15) is 5.69 Å². The number of rotatable bonds is 4. The second kappa shape index (κ2) is 5.16. The van der Waals surface area contributed by atoms with Crippen molar-refractivity contribution in [1.82, 2.24) is 9.78 Å². The maximum absolute atomic E-state index is 11.3. The molecule has 0 radical (unpaired) electrons. The summed E-state index contributed by atoms with van der Waals surface area (Å²) in [5.74, 6) is 0.953. The van der Waals surface area contributed by atoms with Crippen molar-refractivity contribution in [2.45, 2.75) is 39.8 Å². The summed E-state index contributed by atoms with van der Waals surface area (Å²) < 4.78 is 1.75. The van der Waals surface area contributed by atoms with Gasteiger partial charge in [-0.15, -0.1) is 0 Å². The Kier molecular flexibility index (Phi) is 3.75. The third-order valence-corrected chi connectivity index (χ3v) is 3.66. The summed E-state index contributed by atoms with van der Waals surface area (Å²) in [6.45, 7) is 7.87. The Labute approximate surface area is 112 Å². The molecule has 1 aliphatic rings. The molecule has 0 saturated carbocycles. The van der Waals surface area contributed by atoms with Crippen molar-refractivity contribution in [3.63, 3.8) is 0 Å². The van der Waals surface area contributed by atoms with E-state index < -0.39 is 0 Å². The van der Waals surface area contributed by atoms with Gasteiger partial charge in [0.25, 0.3) is 0 Å². The van der Waals surface area contributed by atoms with E-state index in [4.69, 9.17) is 5.73 Å². The molecule has 0 bridgehead atoms. The predicted octanol–water partition coefficient (Wildman–Crippen LogP) is 1.29. The lowest BCUT2D eigenvalue weighted by atomic mass is 10.1. The quantitative estimate of drug-likeness (QED) is 0.655. The van der Waals surface area contributed by atoms with Crippen LogP contribution in [0.15, 0.2) is 0 Å². The highest BCUT2D eigenvalue weighted by Crippen LogP contribution is 2.34. The topological polar surface area (TPSA) is 90.2 Å². The Morgan fingerprint density at radius 2 is 2.21 bits per heavy atom. The van der Waals surface area contributed by atoms with Gasteiger partial charge < -0.3 is 10.6 Å². The largest absolute Gasteiger partial charge is 0.349 e. The van der Waals surface area contributed by atoms with Crippen LogP contribution in [0.25, 0.3) is 0 Å². The predicted molar refractivity (Wildman–Crippen MR) is 73.3 cm³/mol. The zero-order chi connectivity index (χ0) is 14.2. The zero-order valence-electron chi connectivity index (χ0n) is 11.7. The number of nitro groups is 1. The van der Waals surface area contributed by atoms with E-state index in [2.05, 4.69) is 12.0 Å². The summed E-state index contributed by atoms with van der Waals surface area (Å²) in [6.07, 6.45) is 0.890. The first-order chi connectivity index (χ1) is 8.95. The minimum absolute atomic E-state index is 0.0601. The molecular formula is C12H21N5O2. The molecule has 1 saturated heterocycles. The maximum Gasteiger partial charge on any atom is 0.333 e. The molecule has 1 fully saturated rings. The molecule has 2 rings (SSSR count). The van der Waals surface area contributed by atoms with Crippen molar-refractivity contribution in [3.05, 3.63) is 15.8 Å². The van der Waals surface area contributed by atoms with Gasteiger partial charge in [0.15, 0.2) is 0 Å². The van der Waals surface area contributed by atoms with Crippen molar-refractivity contribution in [2.24, 2.45) is 11.7 Å². The Hall–Kier alpha value is -1.63. The maximum atomic E-state index is 11.3. The van der Waals surface area contributed by atoms with E-state index >= 15 is 0 Å². The molecule has 0 aliphatic carbocycles. The minimum atomic E-state index is -0.335. The summed E-state index contributed by atoms with van der Waals surface area (Å²) in [7, 11) is 0. The van der Waals surface area contributed by atoms with Crippen LogP contribution in [0.5, 0.6) is 0 Å². The highest BCUT2D eigenvalue weighted by molar-refractivity contribution is 5.62. The van der Waals surface area contributed by atoms with Crippen LogP contribution in [-0.4, -0.2) is 33.8 Å². The number of anilines is 1. The Morgan fingerprint density at radius 1 is 1.53 bits per heavy atom. The van der Waals surface area contributed by atoms with Crippen LogP contribution in [0, 0.1) is 23.0 Å². The molecule has 7 heteroatoms. The third-order valence-electron chi connectivity index (χ3n) is 3.66. The van der Waals surface area contributed by atoms with E-state index in [9.17, 15) is 10.1 Å². The van der Waals surface area contributed by atoms with Gasteiger partial charge in [0.05, 0.1) is 4.92 Å². The molecule has 0 spiro atoms. The molecule has 106 valence electrons. The number of aromatic nitrogens is 2. The molecule has 1 aliphatic heterocycles. The molecular weight excluding hydrogens is 246 g/mol. The van der Waals surface area contributed by atoms with Gasteiger partial charge in [-0.2, -0.15) is 5.10 Å². The second-order valence-corrected chi connectivity index (χ2v) is 5.28. The first-order valence-corrected chi connectivity index (χ1v) is 6.68. The molecule has 7 nitrogen and oxygen atoms in total. The Balaban J connectivity index is 2.44. The molecule has 2 unspecified atom stereocenters. The van der Waals surface area contributed by atoms with Crippen LogP contribution in [0.1, 0.15) is 26.0 Å². The monoisotopic (exact) mass is 267 g/mol. The molecule has 19 heavy (non-hydrogen) atoms. The second-order valence-electron chi connectivity index (χ2n) is 5.28. The number of hydrogen-bond acceptors (Lipinski definition) is 5. The fourth-order valence-electron chi connectivity index (χ4n) is 2.62. The van der Waals surface area contributed by atoms with Gasteiger partial charge in [0, 0.05) is 25.7 Å². The van der Waals surface area contributed by atoms with Crippen molar-refractivity contribution in [2.75, 3.05) is 18.0 Å². The molecule has 1 aromatic heterocycles. The highest BCUT2D eigenvalue weighted by Gasteiger charge is 2.35. The van der Waals surface area contributed by atoms with Crippen LogP contribution in [0.2, 0.25) is 0 Å². The number of nitrogens with zero attached hydrogens (tertiary/aromatic N) is 4. The smallest absolute Gasteiger partial charge is 0.333 e. The summed E-state index contributed by atoms with van der Waals surface area (Å²) in [5, 5.41) is 15.6. The van der Waals surface area contributed by atoms with Crippen LogP contribution >= 0.6 is 0 Å². The van der Waals surface area contributed by atoms with Gasteiger partial charge in [-0.25, -0.2) is 4.68 Å². The van der Waals surface area contributed by atoms with E-state index in [-0.39, 0.29) is 16.7 Å². The number of nitrogens with two attached hydrogens (primary N) is 1. The molecule has 2 N–H and O–H groups in total. The highest BCUT2D eigenvalue weighted by atomic mass is 16.6. The summed E-state index contributed by atoms with van der Waals surface area (Å²) in [6, 6.07) is 0.0601. The molecule has 2 heterocycles. The zero-order valence-corrected chi connectivity index (χ0v) is 11.7. The molecule has 1 aromatic rings. The molecule has 2 atom stereocenters. The van der Waals surface area contributed by atoms with Crippen LogP contribution < -0.4 is 10.6 Å². The van der Waals surface area contributed by atoms with Gasteiger partial charge in [0.2, 0.25) is 5.82 Å².